The molecule has 2 fully saturated rings. The Kier molecular flexibility index (Phi) is 2.87. The van der Waals surface area contributed by atoms with E-state index in [1.807, 2.05) is 17.0 Å². The highest BCUT2D eigenvalue weighted by Crippen LogP contribution is 2.24. The predicted octanol–water partition coefficient (Wildman–Crippen LogP) is 1.45. The van der Waals surface area contributed by atoms with Crippen LogP contribution in [-0.4, -0.2) is 54.1 Å². The van der Waals surface area contributed by atoms with Gasteiger partial charge in [-0.2, -0.15) is 0 Å². The predicted molar refractivity (Wildman–Crippen MR) is 76.2 cm³/mol. The second kappa shape index (κ2) is 4.76. The van der Waals surface area contributed by atoms with Crippen molar-refractivity contribution in [3.8, 4) is 0 Å². The van der Waals surface area contributed by atoms with Gasteiger partial charge in [0.2, 0.25) is 0 Å². The van der Waals surface area contributed by atoms with Gasteiger partial charge < -0.3 is 9.64 Å². The zero-order chi connectivity index (χ0) is 14.4. The van der Waals surface area contributed by atoms with Crippen molar-refractivity contribution in [2.45, 2.75) is 25.3 Å². The number of hydrogen-bond acceptors (Lipinski definition) is 3. The topological polar surface area (TPSA) is 49.9 Å². The Labute approximate surface area is 123 Å². The van der Waals surface area contributed by atoms with E-state index in [1.165, 1.54) is 17.5 Å². The molecule has 0 aromatic heterocycles. The molecule has 0 N–H and O–H groups in total. The van der Waals surface area contributed by atoms with Crippen molar-refractivity contribution in [1.29, 1.82) is 0 Å². The van der Waals surface area contributed by atoms with Crippen molar-refractivity contribution in [1.82, 2.24) is 9.80 Å². The number of piperazine rings is 1. The van der Waals surface area contributed by atoms with Gasteiger partial charge in [0.15, 0.2) is 0 Å². The molecule has 1 unspecified atom stereocenters. The fourth-order valence-corrected chi connectivity index (χ4v) is 3.56. The van der Waals surface area contributed by atoms with E-state index in [2.05, 4.69) is 6.07 Å². The van der Waals surface area contributed by atoms with Crippen LogP contribution in [-0.2, 0) is 17.6 Å². The molecule has 110 valence electrons. The molecule has 3 aliphatic rings. The maximum Gasteiger partial charge on any atom is 0.410 e. The maximum atomic E-state index is 12.7. The molecule has 21 heavy (non-hydrogen) atoms. The Bertz CT molecular complexity index is 614. The van der Waals surface area contributed by atoms with Gasteiger partial charge in [-0.05, 0) is 42.5 Å². The van der Waals surface area contributed by atoms with E-state index in [0.29, 0.717) is 26.2 Å². The Morgan fingerprint density at radius 3 is 2.95 bits per heavy atom. The van der Waals surface area contributed by atoms with E-state index in [9.17, 15) is 9.59 Å². The first-order valence-corrected chi connectivity index (χ1v) is 7.57. The number of amides is 2. The number of aryl methyl sites for hydroxylation is 2. The third kappa shape index (κ3) is 2.07. The van der Waals surface area contributed by atoms with E-state index in [-0.39, 0.29) is 18.0 Å². The molecule has 0 bridgehead atoms. The molecular weight excluding hydrogens is 268 g/mol. The number of hydrogen-bond donors (Lipinski definition) is 0. The maximum absolute atomic E-state index is 12.7. The molecule has 4 rings (SSSR count). The summed E-state index contributed by atoms with van der Waals surface area (Å²) in [5.74, 6) is 0.0729. The molecule has 0 radical (unpaired) electrons. The molecule has 5 heteroatoms. The summed E-state index contributed by atoms with van der Waals surface area (Å²) in [6, 6.07) is 6.10. The van der Waals surface area contributed by atoms with E-state index in [4.69, 9.17) is 4.74 Å². The Morgan fingerprint density at radius 1 is 1.19 bits per heavy atom. The van der Waals surface area contributed by atoms with Gasteiger partial charge in [0.05, 0.1) is 6.04 Å². The normalized spacial score (nSPS) is 23.8. The number of cyclic esters (lactones) is 1. The minimum absolute atomic E-state index is 0.0182. The Balaban J connectivity index is 1.52. The first kappa shape index (κ1) is 12.7. The highest BCUT2D eigenvalue weighted by atomic mass is 16.6. The van der Waals surface area contributed by atoms with Crippen molar-refractivity contribution in [2.75, 3.05) is 26.2 Å². The first-order chi connectivity index (χ1) is 10.2. The van der Waals surface area contributed by atoms with Crippen LogP contribution in [0.3, 0.4) is 0 Å². The average Bonchev–Trinajstić information content (AvgIpc) is 3.12. The molecule has 1 atom stereocenters. The fraction of sp³-hybridized carbons (Fsp3) is 0.500. The van der Waals surface area contributed by atoms with Crippen LogP contribution in [0, 0.1) is 0 Å². The van der Waals surface area contributed by atoms with E-state index in [0.717, 1.165) is 18.4 Å². The van der Waals surface area contributed by atoms with E-state index >= 15 is 0 Å². The minimum atomic E-state index is -0.246. The molecule has 2 amide bonds. The lowest BCUT2D eigenvalue weighted by atomic mass is 10.0. The molecule has 2 saturated heterocycles. The molecule has 5 nitrogen and oxygen atoms in total. The summed E-state index contributed by atoms with van der Waals surface area (Å²) < 4.78 is 5.04. The molecule has 1 aliphatic carbocycles. The SMILES string of the molecule is O=C(c1ccc2c(c1)CCC2)N1CCN2C(=O)OCC2C1. The molecule has 2 heterocycles. The van der Waals surface area contributed by atoms with Gasteiger partial charge >= 0.3 is 6.09 Å². The third-order valence-corrected chi connectivity index (χ3v) is 4.75. The van der Waals surface area contributed by atoms with Crippen molar-refractivity contribution in [3.05, 3.63) is 34.9 Å². The van der Waals surface area contributed by atoms with Crippen LogP contribution < -0.4 is 0 Å². The van der Waals surface area contributed by atoms with Crippen LogP contribution in [0.4, 0.5) is 4.79 Å². The van der Waals surface area contributed by atoms with Crippen LogP contribution in [0.5, 0.6) is 0 Å². The van der Waals surface area contributed by atoms with Gasteiger partial charge in [-0.15, -0.1) is 0 Å². The summed E-state index contributed by atoms with van der Waals surface area (Å²) in [5.41, 5.74) is 3.47. The Morgan fingerprint density at radius 2 is 2.05 bits per heavy atom. The summed E-state index contributed by atoms with van der Waals surface area (Å²) in [6.45, 7) is 2.12. The summed E-state index contributed by atoms with van der Waals surface area (Å²) in [4.78, 5) is 27.7. The third-order valence-electron chi connectivity index (χ3n) is 4.75. The minimum Gasteiger partial charge on any atom is -0.447 e. The summed E-state index contributed by atoms with van der Waals surface area (Å²) in [7, 11) is 0. The molecule has 2 aliphatic heterocycles. The van der Waals surface area contributed by atoms with Crippen molar-refractivity contribution in [2.24, 2.45) is 0 Å². The van der Waals surface area contributed by atoms with Crippen molar-refractivity contribution >= 4 is 12.0 Å². The quantitative estimate of drug-likeness (QED) is 0.785. The second-order valence-electron chi connectivity index (χ2n) is 6.01. The van der Waals surface area contributed by atoms with Crippen LogP contribution >= 0.6 is 0 Å². The highest BCUT2D eigenvalue weighted by molar-refractivity contribution is 5.94. The zero-order valence-electron chi connectivity index (χ0n) is 11.9. The number of ether oxygens (including phenoxy) is 1. The monoisotopic (exact) mass is 286 g/mol. The summed E-state index contributed by atoms with van der Waals surface area (Å²) >= 11 is 0. The molecule has 1 aromatic rings. The van der Waals surface area contributed by atoms with Crippen molar-refractivity contribution < 1.29 is 14.3 Å². The molecule has 0 saturated carbocycles. The van der Waals surface area contributed by atoms with Gasteiger partial charge in [0, 0.05) is 25.2 Å². The largest absolute Gasteiger partial charge is 0.447 e. The van der Waals surface area contributed by atoms with Gasteiger partial charge in [-0.3, -0.25) is 9.69 Å². The summed E-state index contributed by atoms with van der Waals surface area (Å²) in [6.07, 6.45) is 3.15. The summed E-state index contributed by atoms with van der Waals surface area (Å²) in [5, 5.41) is 0. The van der Waals surface area contributed by atoms with Gasteiger partial charge in [-0.1, -0.05) is 6.07 Å². The van der Waals surface area contributed by atoms with Gasteiger partial charge in [-0.25, -0.2) is 4.79 Å². The second-order valence-corrected chi connectivity index (χ2v) is 6.01. The number of nitrogens with zero attached hydrogens (tertiary/aromatic N) is 2. The Hall–Kier alpha value is -2.04. The van der Waals surface area contributed by atoms with E-state index in [1.54, 1.807) is 4.90 Å². The zero-order valence-corrected chi connectivity index (χ0v) is 11.9. The van der Waals surface area contributed by atoms with Gasteiger partial charge in [0.1, 0.15) is 6.61 Å². The first-order valence-electron chi connectivity index (χ1n) is 7.57. The number of carbonyl (C=O) groups excluding carboxylic acids is 2. The fourth-order valence-electron chi connectivity index (χ4n) is 3.56. The average molecular weight is 286 g/mol. The number of carbonyl (C=O) groups is 2. The lowest BCUT2D eigenvalue weighted by Crippen LogP contribution is -2.53. The molecule has 1 aromatic carbocycles. The van der Waals surface area contributed by atoms with E-state index < -0.39 is 0 Å². The number of rotatable bonds is 1. The number of fused-ring (bicyclic) bond motifs is 2. The van der Waals surface area contributed by atoms with Gasteiger partial charge in [0.25, 0.3) is 5.91 Å². The number of benzene rings is 1. The lowest BCUT2D eigenvalue weighted by molar-refractivity contribution is 0.0617. The molecule has 0 spiro atoms. The van der Waals surface area contributed by atoms with Crippen LogP contribution in [0.15, 0.2) is 18.2 Å². The highest BCUT2D eigenvalue weighted by Gasteiger charge is 2.38. The van der Waals surface area contributed by atoms with Crippen LogP contribution in [0.1, 0.15) is 27.9 Å². The lowest BCUT2D eigenvalue weighted by Gasteiger charge is -2.35. The van der Waals surface area contributed by atoms with Crippen LogP contribution in [0.2, 0.25) is 0 Å². The smallest absolute Gasteiger partial charge is 0.410 e. The standard InChI is InChI=1S/C16H18N2O3/c19-15(13-5-4-11-2-1-3-12(11)8-13)17-6-7-18-14(9-17)10-21-16(18)20/h4-5,8,14H,1-3,6-7,9-10H2. The van der Waals surface area contributed by atoms with Crippen molar-refractivity contribution in [3.63, 3.8) is 0 Å². The van der Waals surface area contributed by atoms with Crippen LogP contribution in [0.25, 0.3) is 0 Å². The molecular formula is C16H18N2O3.